The molecule has 4 aromatic carbocycles. The van der Waals surface area contributed by atoms with E-state index < -0.39 is 6.04 Å². The molecule has 5 rings (SSSR count). The second-order valence-corrected chi connectivity index (χ2v) is 10.3. The first kappa shape index (κ1) is 25.7. The van der Waals surface area contributed by atoms with Crippen LogP contribution in [0.15, 0.2) is 103 Å². The summed E-state index contributed by atoms with van der Waals surface area (Å²) in [6, 6.07) is 34.2. The van der Waals surface area contributed by atoms with E-state index in [-0.39, 0.29) is 17.9 Å². The molecule has 1 aliphatic carbocycles. The highest BCUT2D eigenvalue weighted by Gasteiger charge is 2.32. The lowest BCUT2D eigenvalue weighted by Gasteiger charge is -2.32. The molecule has 1 aliphatic rings. The summed E-state index contributed by atoms with van der Waals surface area (Å²) >= 11 is 0. The Balaban J connectivity index is 1.42. The zero-order valence-electron chi connectivity index (χ0n) is 21.9. The third-order valence-corrected chi connectivity index (χ3v) is 7.66. The molecule has 0 aromatic heterocycles. The second-order valence-electron chi connectivity index (χ2n) is 10.3. The number of fused-ring (bicyclic) bond motifs is 1. The highest BCUT2D eigenvalue weighted by atomic mass is 16.2. The van der Waals surface area contributed by atoms with Crippen LogP contribution in [-0.2, 0) is 29.0 Å². The summed E-state index contributed by atoms with van der Waals surface area (Å²) < 4.78 is 0. The molecule has 0 aliphatic heterocycles. The lowest BCUT2D eigenvalue weighted by Crippen LogP contribution is -2.52. The molecule has 0 heterocycles. The van der Waals surface area contributed by atoms with Crippen LogP contribution in [0.5, 0.6) is 0 Å². The summed E-state index contributed by atoms with van der Waals surface area (Å²) in [5, 5.41) is 5.64. The van der Waals surface area contributed by atoms with Crippen molar-refractivity contribution in [1.82, 2.24) is 10.2 Å². The zero-order chi connectivity index (χ0) is 26.2. The summed E-state index contributed by atoms with van der Waals surface area (Å²) in [5.41, 5.74) is 3.24. The average molecular weight is 505 g/mol. The van der Waals surface area contributed by atoms with E-state index in [4.69, 9.17) is 0 Å². The van der Waals surface area contributed by atoms with Crippen molar-refractivity contribution in [3.8, 4) is 0 Å². The van der Waals surface area contributed by atoms with Gasteiger partial charge in [0.1, 0.15) is 6.04 Å². The molecular weight excluding hydrogens is 468 g/mol. The first-order valence-corrected chi connectivity index (χ1v) is 13.8. The predicted octanol–water partition coefficient (Wildman–Crippen LogP) is 6.47. The van der Waals surface area contributed by atoms with Crippen molar-refractivity contribution in [3.63, 3.8) is 0 Å². The number of hydrogen-bond acceptors (Lipinski definition) is 2. The van der Waals surface area contributed by atoms with E-state index in [2.05, 4.69) is 35.6 Å². The van der Waals surface area contributed by atoms with Crippen LogP contribution in [0.1, 0.15) is 48.8 Å². The van der Waals surface area contributed by atoms with Gasteiger partial charge in [-0.3, -0.25) is 9.59 Å². The monoisotopic (exact) mass is 504 g/mol. The summed E-state index contributed by atoms with van der Waals surface area (Å²) in [5.74, 6) is -0.0421. The number of rotatable bonds is 10. The maximum absolute atomic E-state index is 14.0. The maximum Gasteiger partial charge on any atom is 0.243 e. The molecule has 0 saturated heterocycles. The van der Waals surface area contributed by atoms with E-state index in [1.807, 2.05) is 77.7 Å². The van der Waals surface area contributed by atoms with Crippen LogP contribution in [0.4, 0.5) is 0 Å². The Bertz CT molecular complexity index is 1340. The number of aryl methyl sites for hydroxylation is 1. The van der Waals surface area contributed by atoms with Gasteiger partial charge in [0.25, 0.3) is 0 Å². The summed E-state index contributed by atoms with van der Waals surface area (Å²) in [7, 11) is 0. The molecule has 38 heavy (non-hydrogen) atoms. The number of nitrogens with one attached hydrogen (secondary N) is 1. The van der Waals surface area contributed by atoms with E-state index in [9.17, 15) is 9.59 Å². The molecule has 0 spiro atoms. The Kier molecular flexibility index (Phi) is 8.49. The highest BCUT2D eigenvalue weighted by Crippen LogP contribution is 2.23. The SMILES string of the molecule is O=C(NC1CCCC1)[C@@H](Cc1ccccc1)N(Cc1ccccc1)C(=O)CCc1cccc2ccccc12. The number of nitrogens with zero attached hydrogens (tertiary/aromatic N) is 1. The molecule has 2 amide bonds. The first-order valence-electron chi connectivity index (χ1n) is 13.8. The topological polar surface area (TPSA) is 49.4 Å². The molecule has 0 unspecified atom stereocenters. The molecule has 1 atom stereocenters. The standard InChI is InChI=1S/C34H36N2O2/c37-33(23-22-29-18-11-17-28-16-7-10-21-31(28)29)36(25-27-14-5-2-6-15-27)32(24-26-12-3-1-4-13-26)34(38)35-30-19-8-9-20-30/h1-7,10-18,21,30,32H,8-9,19-20,22-25H2,(H,35,38)/t32-/m1/s1. The van der Waals surface area contributed by atoms with Crippen LogP contribution in [0.3, 0.4) is 0 Å². The van der Waals surface area contributed by atoms with Crippen molar-refractivity contribution >= 4 is 22.6 Å². The maximum atomic E-state index is 14.0. The van der Waals surface area contributed by atoms with E-state index >= 15 is 0 Å². The fraction of sp³-hybridized carbons (Fsp3) is 0.294. The van der Waals surface area contributed by atoms with Crippen LogP contribution >= 0.6 is 0 Å². The minimum absolute atomic E-state index is 0.00397. The zero-order valence-corrected chi connectivity index (χ0v) is 21.9. The Hall–Kier alpha value is -3.92. The Labute approximate surface area is 225 Å². The Morgan fingerprint density at radius 1 is 0.763 bits per heavy atom. The van der Waals surface area contributed by atoms with Gasteiger partial charge in [0.2, 0.25) is 11.8 Å². The first-order chi connectivity index (χ1) is 18.7. The number of carbonyl (C=O) groups excluding carboxylic acids is 2. The van der Waals surface area contributed by atoms with Gasteiger partial charge in [-0.05, 0) is 46.7 Å². The minimum Gasteiger partial charge on any atom is -0.352 e. The molecule has 4 nitrogen and oxygen atoms in total. The van der Waals surface area contributed by atoms with Crippen molar-refractivity contribution in [2.45, 2.75) is 63.6 Å². The van der Waals surface area contributed by atoms with Gasteiger partial charge in [0.15, 0.2) is 0 Å². The van der Waals surface area contributed by atoms with Crippen molar-refractivity contribution in [1.29, 1.82) is 0 Å². The van der Waals surface area contributed by atoms with Crippen LogP contribution in [-0.4, -0.2) is 28.8 Å². The van der Waals surface area contributed by atoms with Crippen molar-refractivity contribution in [2.75, 3.05) is 0 Å². The highest BCUT2D eigenvalue weighted by molar-refractivity contribution is 5.89. The smallest absolute Gasteiger partial charge is 0.243 e. The third-order valence-electron chi connectivity index (χ3n) is 7.66. The fourth-order valence-electron chi connectivity index (χ4n) is 5.60. The average Bonchev–Trinajstić information content (AvgIpc) is 3.47. The van der Waals surface area contributed by atoms with Crippen LogP contribution < -0.4 is 5.32 Å². The summed E-state index contributed by atoms with van der Waals surface area (Å²) in [4.78, 5) is 29.6. The largest absolute Gasteiger partial charge is 0.352 e. The van der Waals surface area contributed by atoms with Gasteiger partial charge >= 0.3 is 0 Å². The molecule has 0 bridgehead atoms. The number of hydrogen-bond donors (Lipinski definition) is 1. The molecular formula is C34H36N2O2. The van der Waals surface area contributed by atoms with Gasteiger partial charge in [-0.1, -0.05) is 116 Å². The molecule has 1 N–H and O–H groups in total. The Morgan fingerprint density at radius 2 is 1.39 bits per heavy atom. The second kappa shape index (κ2) is 12.6. The number of benzene rings is 4. The fourth-order valence-corrected chi connectivity index (χ4v) is 5.60. The van der Waals surface area contributed by atoms with Gasteiger partial charge in [-0.15, -0.1) is 0 Å². The van der Waals surface area contributed by atoms with E-state index in [1.165, 1.54) is 10.8 Å². The summed E-state index contributed by atoms with van der Waals surface area (Å²) in [6.45, 7) is 0.408. The van der Waals surface area contributed by atoms with Crippen LogP contribution in [0.25, 0.3) is 10.8 Å². The van der Waals surface area contributed by atoms with Crippen LogP contribution in [0, 0.1) is 0 Å². The quantitative estimate of drug-likeness (QED) is 0.269. The van der Waals surface area contributed by atoms with Crippen molar-refractivity contribution in [3.05, 3.63) is 120 Å². The predicted molar refractivity (Wildman–Crippen MR) is 154 cm³/mol. The van der Waals surface area contributed by atoms with E-state index in [0.29, 0.717) is 25.8 Å². The van der Waals surface area contributed by atoms with Gasteiger partial charge in [0.05, 0.1) is 0 Å². The van der Waals surface area contributed by atoms with E-state index in [1.54, 1.807) is 0 Å². The molecule has 194 valence electrons. The van der Waals surface area contributed by atoms with Gasteiger partial charge in [-0.25, -0.2) is 0 Å². The lowest BCUT2D eigenvalue weighted by atomic mass is 9.99. The Morgan fingerprint density at radius 3 is 2.13 bits per heavy atom. The van der Waals surface area contributed by atoms with E-state index in [0.717, 1.165) is 42.4 Å². The van der Waals surface area contributed by atoms with Gasteiger partial charge < -0.3 is 10.2 Å². The van der Waals surface area contributed by atoms with Crippen molar-refractivity contribution in [2.24, 2.45) is 0 Å². The van der Waals surface area contributed by atoms with Gasteiger partial charge in [-0.2, -0.15) is 0 Å². The molecule has 1 saturated carbocycles. The molecule has 1 fully saturated rings. The minimum atomic E-state index is -0.571. The lowest BCUT2D eigenvalue weighted by molar-refractivity contribution is -0.141. The normalized spacial score (nSPS) is 14.3. The van der Waals surface area contributed by atoms with Crippen LogP contribution in [0.2, 0.25) is 0 Å². The number of carbonyl (C=O) groups is 2. The summed E-state index contributed by atoms with van der Waals surface area (Å²) in [6.07, 6.45) is 5.79. The molecule has 0 radical (unpaired) electrons. The van der Waals surface area contributed by atoms with Crippen molar-refractivity contribution < 1.29 is 9.59 Å². The third kappa shape index (κ3) is 6.49. The number of amides is 2. The molecule has 4 aromatic rings. The van der Waals surface area contributed by atoms with Gasteiger partial charge in [0, 0.05) is 25.4 Å². The molecule has 4 heteroatoms.